The number of aromatic nitrogens is 1. The molecule has 1 aliphatic rings. The fourth-order valence-corrected chi connectivity index (χ4v) is 2.19. The maximum Gasteiger partial charge on any atom is 0.168 e. The number of pyridine rings is 1. The first kappa shape index (κ1) is 15.1. The van der Waals surface area contributed by atoms with Crippen LogP contribution in [0.1, 0.15) is 19.8 Å². The van der Waals surface area contributed by atoms with Crippen LogP contribution in [0.25, 0.3) is 0 Å². The van der Waals surface area contributed by atoms with E-state index >= 15 is 0 Å². The van der Waals surface area contributed by atoms with Crippen molar-refractivity contribution in [2.24, 2.45) is 0 Å². The molecule has 0 saturated carbocycles. The van der Waals surface area contributed by atoms with Crippen LogP contribution in [0.2, 0.25) is 0 Å². The van der Waals surface area contributed by atoms with Gasteiger partial charge in [-0.25, -0.2) is 4.98 Å². The van der Waals surface area contributed by atoms with Gasteiger partial charge in [-0.15, -0.1) is 0 Å². The molecule has 0 aromatic carbocycles. The maximum atomic E-state index is 5.68. The third-order valence-electron chi connectivity index (χ3n) is 3.28. The van der Waals surface area contributed by atoms with Crippen LogP contribution in [0.4, 0.5) is 5.82 Å². The van der Waals surface area contributed by atoms with E-state index in [1.54, 1.807) is 6.20 Å². The lowest BCUT2D eigenvalue weighted by Gasteiger charge is -2.26. The van der Waals surface area contributed by atoms with Crippen LogP contribution in [0.5, 0.6) is 5.75 Å². The topological polar surface area (TPSA) is 46.6 Å². The lowest BCUT2D eigenvalue weighted by molar-refractivity contribution is 0.0378. The number of nitrogens with zero attached hydrogens (tertiary/aromatic N) is 2. The molecule has 0 spiro atoms. The molecule has 5 nitrogen and oxygen atoms in total. The number of hydrogen-bond acceptors (Lipinski definition) is 5. The molecular formula is C15H25N3O2. The Morgan fingerprint density at radius 3 is 3.05 bits per heavy atom. The van der Waals surface area contributed by atoms with E-state index in [0.717, 1.165) is 70.4 Å². The molecule has 1 aromatic heterocycles. The number of nitrogens with one attached hydrogen (secondary N) is 1. The van der Waals surface area contributed by atoms with Gasteiger partial charge < -0.3 is 14.8 Å². The molecule has 1 aromatic rings. The largest absolute Gasteiger partial charge is 0.490 e. The van der Waals surface area contributed by atoms with E-state index in [0.29, 0.717) is 0 Å². The Bertz CT molecular complexity index is 381. The highest BCUT2D eigenvalue weighted by atomic mass is 16.5. The standard InChI is InChI=1S/C15H25N3O2/c1-2-11-20-14-5-3-6-16-15(14)17-7-4-8-18-9-12-19-13-10-18/h3,5-6H,2,4,7-13H2,1H3,(H,16,17). The molecule has 2 heterocycles. The second-order valence-corrected chi connectivity index (χ2v) is 4.93. The van der Waals surface area contributed by atoms with Gasteiger partial charge in [-0.3, -0.25) is 4.90 Å². The third-order valence-corrected chi connectivity index (χ3v) is 3.28. The molecule has 2 rings (SSSR count). The van der Waals surface area contributed by atoms with Gasteiger partial charge in [0.1, 0.15) is 0 Å². The van der Waals surface area contributed by atoms with Gasteiger partial charge in [-0.1, -0.05) is 6.92 Å². The predicted octanol–water partition coefficient (Wildman–Crippen LogP) is 2.00. The zero-order valence-electron chi connectivity index (χ0n) is 12.3. The van der Waals surface area contributed by atoms with E-state index in [4.69, 9.17) is 9.47 Å². The molecule has 5 heteroatoms. The fourth-order valence-electron chi connectivity index (χ4n) is 2.19. The monoisotopic (exact) mass is 279 g/mol. The van der Waals surface area contributed by atoms with Crippen molar-refractivity contribution < 1.29 is 9.47 Å². The van der Waals surface area contributed by atoms with E-state index in [1.165, 1.54) is 0 Å². The van der Waals surface area contributed by atoms with E-state index in [9.17, 15) is 0 Å². The highest BCUT2D eigenvalue weighted by Crippen LogP contribution is 2.20. The predicted molar refractivity (Wildman–Crippen MR) is 80.4 cm³/mol. The van der Waals surface area contributed by atoms with Gasteiger partial charge in [0.2, 0.25) is 0 Å². The summed E-state index contributed by atoms with van der Waals surface area (Å²) in [4.78, 5) is 6.79. The van der Waals surface area contributed by atoms with E-state index in [2.05, 4.69) is 22.1 Å². The first-order chi connectivity index (χ1) is 9.90. The Morgan fingerprint density at radius 2 is 2.25 bits per heavy atom. The summed E-state index contributed by atoms with van der Waals surface area (Å²) in [5.41, 5.74) is 0. The molecule has 0 radical (unpaired) electrons. The molecule has 0 unspecified atom stereocenters. The van der Waals surface area contributed by atoms with Gasteiger partial charge >= 0.3 is 0 Å². The van der Waals surface area contributed by atoms with Gasteiger partial charge in [-0.05, 0) is 31.5 Å². The summed E-state index contributed by atoms with van der Waals surface area (Å²) >= 11 is 0. The average molecular weight is 279 g/mol. The summed E-state index contributed by atoms with van der Waals surface area (Å²) in [5, 5.41) is 3.37. The second-order valence-electron chi connectivity index (χ2n) is 4.93. The smallest absolute Gasteiger partial charge is 0.168 e. The van der Waals surface area contributed by atoms with Crippen LogP contribution >= 0.6 is 0 Å². The molecular weight excluding hydrogens is 254 g/mol. The molecule has 0 aliphatic carbocycles. The molecule has 0 atom stereocenters. The van der Waals surface area contributed by atoms with Gasteiger partial charge in [0.25, 0.3) is 0 Å². The Hall–Kier alpha value is -1.33. The molecule has 1 N–H and O–H groups in total. The summed E-state index contributed by atoms with van der Waals surface area (Å²) in [6.45, 7) is 8.68. The third kappa shape index (κ3) is 4.98. The van der Waals surface area contributed by atoms with Crippen LogP contribution in [-0.4, -0.2) is 55.9 Å². The van der Waals surface area contributed by atoms with Crippen LogP contribution in [-0.2, 0) is 4.74 Å². The van der Waals surface area contributed by atoms with Crippen LogP contribution in [0, 0.1) is 0 Å². The maximum absolute atomic E-state index is 5.68. The average Bonchev–Trinajstić information content (AvgIpc) is 2.51. The number of rotatable bonds is 8. The lowest BCUT2D eigenvalue weighted by atomic mass is 10.3. The first-order valence-electron chi connectivity index (χ1n) is 7.52. The Kier molecular flexibility index (Phi) is 6.60. The molecule has 1 aliphatic heterocycles. The molecule has 0 bridgehead atoms. The van der Waals surface area contributed by atoms with E-state index < -0.39 is 0 Å². The van der Waals surface area contributed by atoms with E-state index in [1.807, 2.05) is 12.1 Å². The van der Waals surface area contributed by atoms with Gasteiger partial charge in [-0.2, -0.15) is 0 Å². The fraction of sp³-hybridized carbons (Fsp3) is 0.667. The summed E-state index contributed by atoms with van der Waals surface area (Å²) in [5.74, 6) is 1.70. The quantitative estimate of drug-likeness (QED) is 0.738. The zero-order valence-corrected chi connectivity index (χ0v) is 12.3. The molecule has 1 saturated heterocycles. The van der Waals surface area contributed by atoms with Crippen LogP contribution in [0.15, 0.2) is 18.3 Å². The van der Waals surface area contributed by atoms with Crippen molar-refractivity contribution in [2.75, 3.05) is 51.3 Å². The lowest BCUT2D eigenvalue weighted by Crippen LogP contribution is -2.37. The molecule has 20 heavy (non-hydrogen) atoms. The Labute approximate surface area is 121 Å². The van der Waals surface area contributed by atoms with Crippen LogP contribution < -0.4 is 10.1 Å². The normalized spacial score (nSPS) is 16.1. The van der Waals surface area contributed by atoms with Crippen LogP contribution in [0.3, 0.4) is 0 Å². The summed E-state index contributed by atoms with van der Waals surface area (Å²) in [6, 6.07) is 3.87. The van der Waals surface area contributed by atoms with Crippen molar-refractivity contribution in [2.45, 2.75) is 19.8 Å². The van der Waals surface area contributed by atoms with Crippen molar-refractivity contribution in [3.8, 4) is 5.75 Å². The molecule has 0 amide bonds. The number of anilines is 1. The van der Waals surface area contributed by atoms with Gasteiger partial charge in [0, 0.05) is 25.8 Å². The zero-order chi connectivity index (χ0) is 14.0. The summed E-state index contributed by atoms with van der Waals surface area (Å²) in [6.07, 6.45) is 3.90. The highest BCUT2D eigenvalue weighted by molar-refractivity contribution is 5.49. The summed E-state index contributed by atoms with van der Waals surface area (Å²) in [7, 11) is 0. The van der Waals surface area contributed by atoms with Crippen molar-refractivity contribution in [3.05, 3.63) is 18.3 Å². The minimum absolute atomic E-state index is 0.730. The van der Waals surface area contributed by atoms with Crippen molar-refractivity contribution in [3.63, 3.8) is 0 Å². The molecule has 1 fully saturated rings. The van der Waals surface area contributed by atoms with Gasteiger partial charge in [0.15, 0.2) is 11.6 Å². The first-order valence-corrected chi connectivity index (χ1v) is 7.52. The molecule has 112 valence electrons. The highest BCUT2D eigenvalue weighted by Gasteiger charge is 2.09. The Balaban J connectivity index is 1.70. The number of hydrogen-bond donors (Lipinski definition) is 1. The summed E-state index contributed by atoms with van der Waals surface area (Å²) < 4.78 is 11.0. The van der Waals surface area contributed by atoms with Crippen molar-refractivity contribution in [1.82, 2.24) is 9.88 Å². The van der Waals surface area contributed by atoms with Crippen molar-refractivity contribution in [1.29, 1.82) is 0 Å². The Morgan fingerprint density at radius 1 is 1.40 bits per heavy atom. The van der Waals surface area contributed by atoms with Crippen molar-refractivity contribution >= 4 is 5.82 Å². The number of morpholine rings is 1. The number of ether oxygens (including phenoxy) is 2. The minimum atomic E-state index is 0.730. The minimum Gasteiger partial charge on any atom is -0.490 e. The second kappa shape index (κ2) is 8.76. The van der Waals surface area contributed by atoms with E-state index in [-0.39, 0.29) is 0 Å². The van der Waals surface area contributed by atoms with Gasteiger partial charge in [0.05, 0.1) is 19.8 Å². The SMILES string of the molecule is CCCOc1cccnc1NCCCN1CCOCC1.